The maximum Gasteiger partial charge on any atom is 0.185 e. The molecular formula is C22H23Cl3N6. The standard InChI is InChI=1S/C22H23Cl3N6/c1-11-6-14(30-13-2-3-17(24)18(25)10-13)9-16-15-7-12(23)8-19(21(15)31-20(11)16)28-4-5-29-22(26)27/h2-3,7-11,28,30-31H,4-6H2,1H3,(H4,26,27,29). The second kappa shape index (κ2) is 8.91. The van der Waals surface area contributed by atoms with Crippen molar-refractivity contribution >= 4 is 69.1 Å². The molecule has 0 bridgehead atoms. The molecule has 162 valence electrons. The van der Waals surface area contributed by atoms with E-state index in [1.165, 1.54) is 5.69 Å². The number of rotatable bonds is 6. The van der Waals surface area contributed by atoms with Crippen LogP contribution in [0.3, 0.4) is 0 Å². The number of aliphatic imine (C=N–C) groups is 1. The first-order valence-corrected chi connectivity index (χ1v) is 11.0. The third kappa shape index (κ3) is 4.71. The summed E-state index contributed by atoms with van der Waals surface area (Å²) in [4.78, 5) is 7.61. The fourth-order valence-electron chi connectivity index (χ4n) is 3.87. The summed E-state index contributed by atoms with van der Waals surface area (Å²) in [6.45, 7) is 3.27. The van der Waals surface area contributed by atoms with Gasteiger partial charge in [-0.3, -0.25) is 4.99 Å². The van der Waals surface area contributed by atoms with Gasteiger partial charge in [-0.05, 0) is 42.8 Å². The lowest BCUT2D eigenvalue weighted by atomic mass is 9.91. The number of aromatic amines is 1. The van der Waals surface area contributed by atoms with E-state index in [2.05, 4.69) is 33.6 Å². The zero-order chi connectivity index (χ0) is 22.1. The number of nitrogens with zero attached hydrogens (tertiary/aromatic N) is 1. The molecule has 0 fully saturated rings. The molecule has 0 saturated carbocycles. The number of guanidine groups is 1. The van der Waals surface area contributed by atoms with E-state index in [0.717, 1.165) is 40.0 Å². The van der Waals surface area contributed by atoms with Crippen molar-refractivity contribution in [3.8, 4) is 0 Å². The van der Waals surface area contributed by atoms with Gasteiger partial charge in [-0.15, -0.1) is 0 Å². The predicted molar refractivity (Wildman–Crippen MR) is 134 cm³/mol. The molecule has 0 saturated heterocycles. The van der Waals surface area contributed by atoms with E-state index >= 15 is 0 Å². The SMILES string of the molecule is CC1CC(Nc2ccc(Cl)c(Cl)c2)=Cc2c1[nH]c1c(NCCN=C(N)N)cc(Cl)cc21. The van der Waals surface area contributed by atoms with Gasteiger partial charge in [-0.2, -0.15) is 0 Å². The Morgan fingerprint density at radius 1 is 1.16 bits per heavy atom. The van der Waals surface area contributed by atoms with Crippen LogP contribution in [0.25, 0.3) is 17.0 Å². The summed E-state index contributed by atoms with van der Waals surface area (Å²) in [6.07, 6.45) is 3.03. The van der Waals surface area contributed by atoms with Crippen LogP contribution in [0.15, 0.2) is 41.0 Å². The number of nitrogens with one attached hydrogen (secondary N) is 3. The first-order chi connectivity index (χ1) is 14.8. The van der Waals surface area contributed by atoms with Crippen LogP contribution in [0.5, 0.6) is 0 Å². The normalized spacial score (nSPS) is 15.4. The summed E-state index contributed by atoms with van der Waals surface area (Å²) in [5, 5.41) is 9.62. The summed E-state index contributed by atoms with van der Waals surface area (Å²) < 4.78 is 0. The lowest BCUT2D eigenvalue weighted by Gasteiger charge is -2.21. The minimum Gasteiger partial charge on any atom is -0.381 e. The molecule has 6 nitrogen and oxygen atoms in total. The van der Waals surface area contributed by atoms with Gasteiger partial charge in [-0.25, -0.2) is 0 Å². The monoisotopic (exact) mass is 476 g/mol. The summed E-state index contributed by atoms with van der Waals surface area (Å²) >= 11 is 18.6. The lowest BCUT2D eigenvalue weighted by molar-refractivity contribution is 0.726. The third-order valence-electron chi connectivity index (χ3n) is 5.23. The van der Waals surface area contributed by atoms with Gasteiger partial charge in [0.05, 0.1) is 27.8 Å². The Morgan fingerprint density at radius 3 is 2.71 bits per heavy atom. The number of benzene rings is 2. The Bertz CT molecular complexity index is 1190. The zero-order valence-corrected chi connectivity index (χ0v) is 19.2. The summed E-state index contributed by atoms with van der Waals surface area (Å²) in [6, 6.07) is 9.43. The van der Waals surface area contributed by atoms with Crippen LogP contribution in [0.4, 0.5) is 11.4 Å². The molecule has 1 heterocycles. The van der Waals surface area contributed by atoms with Gasteiger partial charge in [-0.1, -0.05) is 41.7 Å². The van der Waals surface area contributed by atoms with Crippen LogP contribution in [0, 0.1) is 0 Å². The van der Waals surface area contributed by atoms with Crippen LogP contribution in [0.1, 0.15) is 30.5 Å². The van der Waals surface area contributed by atoms with Crippen molar-refractivity contribution in [1.82, 2.24) is 4.98 Å². The first kappa shape index (κ1) is 21.7. The largest absolute Gasteiger partial charge is 0.381 e. The molecular weight excluding hydrogens is 455 g/mol. The van der Waals surface area contributed by atoms with Crippen LogP contribution >= 0.6 is 34.8 Å². The Morgan fingerprint density at radius 2 is 1.97 bits per heavy atom. The minimum absolute atomic E-state index is 0.0781. The molecule has 0 amide bonds. The lowest BCUT2D eigenvalue weighted by Crippen LogP contribution is -2.24. The van der Waals surface area contributed by atoms with Crippen molar-refractivity contribution in [1.29, 1.82) is 0 Å². The van der Waals surface area contributed by atoms with Crippen molar-refractivity contribution in [2.24, 2.45) is 16.5 Å². The Kier molecular flexibility index (Phi) is 6.23. The minimum atomic E-state index is 0.0781. The quantitative estimate of drug-likeness (QED) is 0.176. The highest BCUT2D eigenvalue weighted by Gasteiger charge is 2.23. The van der Waals surface area contributed by atoms with E-state index in [9.17, 15) is 0 Å². The van der Waals surface area contributed by atoms with Gasteiger partial charge in [0.2, 0.25) is 0 Å². The molecule has 0 spiro atoms. The Balaban J connectivity index is 1.67. The van der Waals surface area contributed by atoms with E-state index in [1.807, 2.05) is 24.3 Å². The molecule has 7 N–H and O–H groups in total. The van der Waals surface area contributed by atoms with E-state index < -0.39 is 0 Å². The number of halogens is 3. The third-order valence-corrected chi connectivity index (χ3v) is 6.18. The molecule has 3 aromatic rings. The van der Waals surface area contributed by atoms with Crippen molar-refractivity contribution in [2.75, 3.05) is 23.7 Å². The van der Waals surface area contributed by atoms with Gasteiger partial charge >= 0.3 is 0 Å². The number of anilines is 2. The molecule has 31 heavy (non-hydrogen) atoms. The highest BCUT2D eigenvalue weighted by molar-refractivity contribution is 6.42. The fraction of sp³-hybridized carbons (Fsp3) is 0.227. The van der Waals surface area contributed by atoms with Crippen LogP contribution < -0.4 is 22.1 Å². The highest BCUT2D eigenvalue weighted by atomic mass is 35.5. The molecule has 0 radical (unpaired) electrons. The first-order valence-electron chi connectivity index (χ1n) is 9.89. The maximum atomic E-state index is 6.44. The maximum absolute atomic E-state index is 6.44. The van der Waals surface area contributed by atoms with Gasteiger partial charge < -0.3 is 27.1 Å². The zero-order valence-electron chi connectivity index (χ0n) is 16.9. The van der Waals surface area contributed by atoms with E-state index in [4.69, 9.17) is 46.3 Å². The number of aromatic nitrogens is 1. The van der Waals surface area contributed by atoms with E-state index in [0.29, 0.717) is 34.1 Å². The Hall–Kier alpha value is -2.54. The number of hydrogen-bond donors (Lipinski definition) is 5. The highest BCUT2D eigenvalue weighted by Crippen LogP contribution is 2.41. The van der Waals surface area contributed by atoms with Crippen molar-refractivity contribution in [3.05, 3.63) is 62.4 Å². The van der Waals surface area contributed by atoms with Crippen LogP contribution in [-0.2, 0) is 0 Å². The number of H-pyrrole nitrogens is 1. The van der Waals surface area contributed by atoms with Gasteiger partial charge in [0.1, 0.15) is 0 Å². The number of nitrogens with two attached hydrogens (primary N) is 2. The molecule has 1 atom stereocenters. The molecule has 2 aromatic carbocycles. The van der Waals surface area contributed by atoms with E-state index in [1.54, 1.807) is 6.07 Å². The smallest absolute Gasteiger partial charge is 0.185 e. The fourth-order valence-corrected chi connectivity index (χ4v) is 4.39. The second-order valence-electron chi connectivity index (χ2n) is 7.59. The molecule has 1 aromatic heterocycles. The topological polar surface area (TPSA) is 104 Å². The summed E-state index contributed by atoms with van der Waals surface area (Å²) in [5.74, 6) is 0.375. The van der Waals surface area contributed by atoms with Gasteiger partial charge in [0.25, 0.3) is 0 Å². The van der Waals surface area contributed by atoms with Crippen LogP contribution in [-0.4, -0.2) is 24.0 Å². The number of allylic oxidation sites excluding steroid dienone is 1. The van der Waals surface area contributed by atoms with Crippen LogP contribution in [0.2, 0.25) is 15.1 Å². The molecule has 9 heteroatoms. The van der Waals surface area contributed by atoms with E-state index in [-0.39, 0.29) is 5.96 Å². The molecule has 4 rings (SSSR count). The summed E-state index contributed by atoms with van der Waals surface area (Å²) in [5.41, 5.74) is 17.0. The molecule has 0 aliphatic heterocycles. The molecule has 1 aliphatic rings. The van der Waals surface area contributed by atoms with Crippen molar-refractivity contribution < 1.29 is 0 Å². The predicted octanol–water partition coefficient (Wildman–Crippen LogP) is 5.77. The molecule has 1 aliphatic carbocycles. The number of fused-ring (bicyclic) bond motifs is 3. The Labute approximate surface area is 195 Å². The van der Waals surface area contributed by atoms with Crippen molar-refractivity contribution in [3.63, 3.8) is 0 Å². The average molecular weight is 478 g/mol. The summed E-state index contributed by atoms with van der Waals surface area (Å²) in [7, 11) is 0. The second-order valence-corrected chi connectivity index (χ2v) is 8.84. The average Bonchev–Trinajstić information content (AvgIpc) is 3.07. The molecule has 1 unspecified atom stereocenters. The number of hydrogen-bond acceptors (Lipinski definition) is 3. The van der Waals surface area contributed by atoms with Gasteiger partial charge in [0, 0.05) is 45.5 Å². The van der Waals surface area contributed by atoms with Crippen molar-refractivity contribution in [2.45, 2.75) is 19.3 Å². The van der Waals surface area contributed by atoms with Gasteiger partial charge in [0.15, 0.2) is 5.96 Å².